The quantitative estimate of drug-likeness (QED) is 0.934. The van der Waals surface area contributed by atoms with E-state index < -0.39 is 10.8 Å². The molecule has 1 aliphatic rings. The molecule has 1 aromatic carbocycles. The van der Waals surface area contributed by atoms with Crippen LogP contribution in [0.3, 0.4) is 0 Å². The fourth-order valence-electron chi connectivity index (χ4n) is 2.74. The van der Waals surface area contributed by atoms with Crippen LogP contribution in [0.25, 0.3) is 0 Å². The van der Waals surface area contributed by atoms with Crippen LogP contribution in [-0.2, 0) is 23.8 Å². The van der Waals surface area contributed by atoms with Gasteiger partial charge in [0.1, 0.15) is 0 Å². The Balaban J connectivity index is 1.64. The number of nitrogens with one attached hydrogen (secondary N) is 1. The molecule has 1 N–H and O–H groups in total. The zero-order valence-corrected chi connectivity index (χ0v) is 13.2. The summed E-state index contributed by atoms with van der Waals surface area (Å²) in [6.45, 7) is 0.872. The summed E-state index contributed by atoms with van der Waals surface area (Å²) in [7, 11) is -0.889. The Morgan fingerprint density at radius 2 is 2.10 bits per heavy atom. The summed E-state index contributed by atoms with van der Waals surface area (Å²) in [6, 6.07) is 10.8. The monoisotopic (exact) mass is 305 g/mol. The summed E-state index contributed by atoms with van der Waals surface area (Å²) in [4.78, 5) is 2.44. The molecule has 0 amide bonds. The van der Waals surface area contributed by atoms with Crippen molar-refractivity contribution in [2.45, 2.75) is 36.7 Å². The van der Waals surface area contributed by atoms with Crippen LogP contribution in [0, 0.1) is 0 Å². The topological polar surface area (TPSA) is 29.1 Å². The van der Waals surface area contributed by atoms with Crippen molar-refractivity contribution in [3.05, 3.63) is 51.7 Å². The number of benzene rings is 1. The SMILES string of the molecule is C[S@@](=O)c1ccc(CN[C@@H]2CCCc3sccc32)cc1. The largest absolute Gasteiger partial charge is 0.306 e. The first-order chi connectivity index (χ1) is 9.74. The van der Waals surface area contributed by atoms with Crippen LogP contribution in [0.2, 0.25) is 0 Å². The maximum Gasteiger partial charge on any atom is 0.0498 e. The van der Waals surface area contributed by atoms with Gasteiger partial charge in [0.05, 0.1) is 0 Å². The van der Waals surface area contributed by atoms with E-state index in [0.29, 0.717) is 6.04 Å². The van der Waals surface area contributed by atoms with E-state index in [9.17, 15) is 4.21 Å². The Labute approximate surface area is 126 Å². The minimum atomic E-state index is -0.889. The van der Waals surface area contributed by atoms with E-state index in [2.05, 4.69) is 28.9 Å². The minimum absolute atomic E-state index is 0.491. The minimum Gasteiger partial charge on any atom is -0.306 e. The maximum atomic E-state index is 11.4. The van der Waals surface area contributed by atoms with Crippen LogP contribution < -0.4 is 5.32 Å². The highest BCUT2D eigenvalue weighted by Crippen LogP contribution is 2.33. The average molecular weight is 305 g/mol. The van der Waals surface area contributed by atoms with E-state index in [1.165, 1.54) is 30.4 Å². The maximum absolute atomic E-state index is 11.4. The molecule has 0 fully saturated rings. The van der Waals surface area contributed by atoms with Gasteiger partial charge >= 0.3 is 0 Å². The van der Waals surface area contributed by atoms with Gasteiger partial charge in [-0.05, 0) is 54.0 Å². The molecule has 0 bridgehead atoms. The van der Waals surface area contributed by atoms with Crippen molar-refractivity contribution in [1.29, 1.82) is 0 Å². The highest BCUT2D eigenvalue weighted by Gasteiger charge is 2.20. The molecule has 2 nitrogen and oxygen atoms in total. The van der Waals surface area contributed by atoms with Gasteiger partial charge in [0, 0.05) is 39.4 Å². The van der Waals surface area contributed by atoms with Crippen molar-refractivity contribution in [3.8, 4) is 0 Å². The van der Waals surface area contributed by atoms with Gasteiger partial charge in [-0.1, -0.05) is 12.1 Å². The van der Waals surface area contributed by atoms with E-state index in [1.54, 1.807) is 11.1 Å². The molecule has 106 valence electrons. The van der Waals surface area contributed by atoms with Crippen LogP contribution in [0.5, 0.6) is 0 Å². The van der Waals surface area contributed by atoms with Gasteiger partial charge in [-0.3, -0.25) is 4.21 Å². The molecule has 0 aliphatic heterocycles. The zero-order chi connectivity index (χ0) is 13.9. The molecule has 0 spiro atoms. The molecule has 20 heavy (non-hydrogen) atoms. The van der Waals surface area contributed by atoms with Crippen LogP contribution in [-0.4, -0.2) is 10.5 Å². The Hall–Kier alpha value is -0.970. The summed E-state index contributed by atoms with van der Waals surface area (Å²) in [6.07, 6.45) is 5.45. The fraction of sp³-hybridized carbons (Fsp3) is 0.375. The first-order valence-corrected chi connectivity index (χ1v) is 9.40. The van der Waals surface area contributed by atoms with Crippen molar-refractivity contribution in [2.24, 2.45) is 0 Å². The summed E-state index contributed by atoms with van der Waals surface area (Å²) in [5.74, 6) is 0. The van der Waals surface area contributed by atoms with Crippen LogP contribution in [0.4, 0.5) is 0 Å². The lowest BCUT2D eigenvalue weighted by Crippen LogP contribution is -2.23. The molecule has 1 heterocycles. The molecule has 0 saturated carbocycles. The van der Waals surface area contributed by atoms with Gasteiger partial charge in [-0.25, -0.2) is 0 Å². The third kappa shape index (κ3) is 3.03. The van der Waals surface area contributed by atoms with Gasteiger partial charge < -0.3 is 5.32 Å². The van der Waals surface area contributed by atoms with Gasteiger partial charge in [0.2, 0.25) is 0 Å². The molecule has 0 unspecified atom stereocenters. The molecule has 2 atom stereocenters. The molecular formula is C16H19NOS2. The summed E-state index contributed by atoms with van der Waals surface area (Å²) in [5.41, 5.74) is 2.74. The third-order valence-electron chi connectivity index (χ3n) is 3.86. The average Bonchev–Trinajstić information content (AvgIpc) is 2.94. The van der Waals surface area contributed by atoms with Crippen molar-refractivity contribution >= 4 is 22.1 Å². The van der Waals surface area contributed by atoms with Gasteiger partial charge in [-0.2, -0.15) is 0 Å². The summed E-state index contributed by atoms with van der Waals surface area (Å²) in [5, 5.41) is 5.86. The summed E-state index contributed by atoms with van der Waals surface area (Å²) < 4.78 is 11.4. The number of hydrogen-bond donors (Lipinski definition) is 1. The first-order valence-electron chi connectivity index (χ1n) is 6.96. The van der Waals surface area contributed by atoms with Crippen molar-refractivity contribution in [3.63, 3.8) is 0 Å². The second-order valence-electron chi connectivity index (χ2n) is 5.22. The van der Waals surface area contributed by atoms with E-state index in [-0.39, 0.29) is 0 Å². The number of rotatable bonds is 4. The number of aryl methyl sites for hydroxylation is 1. The van der Waals surface area contributed by atoms with E-state index in [1.807, 2.05) is 23.5 Å². The zero-order valence-electron chi connectivity index (χ0n) is 11.6. The van der Waals surface area contributed by atoms with Gasteiger partial charge in [0.15, 0.2) is 0 Å². The van der Waals surface area contributed by atoms with E-state index in [0.717, 1.165) is 11.4 Å². The predicted molar refractivity (Wildman–Crippen MR) is 85.6 cm³/mol. The number of hydrogen-bond acceptors (Lipinski definition) is 3. The Morgan fingerprint density at radius 1 is 1.30 bits per heavy atom. The molecule has 0 saturated heterocycles. The van der Waals surface area contributed by atoms with Crippen LogP contribution in [0.1, 0.15) is 34.9 Å². The lowest BCUT2D eigenvalue weighted by molar-refractivity contribution is 0.463. The third-order valence-corrected chi connectivity index (χ3v) is 5.79. The van der Waals surface area contributed by atoms with Crippen molar-refractivity contribution in [2.75, 3.05) is 6.26 Å². The highest BCUT2D eigenvalue weighted by atomic mass is 32.2. The van der Waals surface area contributed by atoms with Crippen molar-refractivity contribution in [1.82, 2.24) is 5.32 Å². The molecule has 4 heteroatoms. The van der Waals surface area contributed by atoms with Gasteiger partial charge in [-0.15, -0.1) is 11.3 Å². The molecule has 0 radical (unpaired) electrons. The van der Waals surface area contributed by atoms with Crippen LogP contribution in [0.15, 0.2) is 40.6 Å². The standard InChI is InChI=1S/C16H19NOS2/c1-20(18)13-7-5-12(6-8-13)11-17-15-3-2-4-16-14(15)9-10-19-16/h5-10,15,17H,2-4,11H2,1H3/t15-,20-/m1/s1. The number of fused-ring (bicyclic) bond motifs is 1. The lowest BCUT2D eigenvalue weighted by Gasteiger charge is -2.23. The Kier molecular flexibility index (Phi) is 4.34. The molecular weight excluding hydrogens is 286 g/mol. The summed E-state index contributed by atoms with van der Waals surface area (Å²) >= 11 is 1.88. The van der Waals surface area contributed by atoms with E-state index >= 15 is 0 Å². The predicted octanol–water partition coefficient (Wildman–Crippen LogP) is 3.65. The van der Waals surface area contributed by atoms with Gasteiger partial charge in [0.25, 0.3) is 0 Å². The van der Waals surface area contributed by atoms with E-state index in [4.69, 9.17) is 0 Å². The molecule has 1 aromatic heterocycles. The normalized spacial score (nSPS) is 19.6. The fourth-order valence-corrected chi connectivity index (χ4v) is 4.25. The Bertz CT molecular complexity index is 603. The molecule has 1 aliphatic carbocycles. The molecule has 2 aromatic rings. The van der Waals surface area contributed by atoms with Crippen LogP contribution >= 0.6 is 11.3 Å². The Morgan fingerprint density at radius 3 is 2.85 bits per heavy atom. The van der Waals surface area contributed by atoms with Crippen molar-refractivity contribution < 1.29 is 4.21 Å². The lowest BCUT2D eigenvalue weighted by atomic mass is 9.94. The second-order valence-corrected chi connectivity index (χ2v) is 7.60. The second kappa shape index (κ2) is 6.20. The molecule has 3 rings (SSSR count). The highest BCUT2D eigenvalue weighted by molar-refractivity contribution is 7.84. The number of thiophene rings is 1. The first kappa shape index (κ1) is 14.0. The smallest absolute Gasteiger partial charge is 0.0498 e.